The van der Waals surface area contributed by atoms with Crippen molar-refractivity contribution in [1.82, 2.24) is 14.9 Å². The average molecular weight is 479 g/mol. The fourth-order valence-electron chi connectivity index (χ4n) is 4.80. The van der Waals surface area contributed by atoms with Gasteiger partial charge in [0.2, 0.25) is 0 Å². The Hall–Kier alpha value is -2.84. The van der Waals surface area contributed by atoms with Crippen LogP contribution in [0.15, 0.2) is 48.5 Å². The van der Waals surface area contributed by atoms with Crippen LogP contribution in [0.4, 0.5) is 9.52 Å². The van der Waals surface area contributed by atoms with Gasteiger partial charge in [-0.1, -0.05) is 41.7 Å². The number of benzene rings is 2. The van der Waals surface area contributed by atoms with Crippen molar-refractivity contribution in [3.05, 3.63) is 65.0 Å². The van der Waals surface area contributed by atoms with Gasteiger partial charge in [-0.3, -0.25) is 4.79 Å². The van der Waals surface area contributed by atoms with Crippen LogP contribution in [-0.2, 0) is 0 Å². The molecule has 168 valence electrons. The van der Waals surface area contributed by atoms with Crippen molar-refractivity contribution in [2.75, 3.05) is 18.4 Å². The van der Waals surface area contributed by atoms with Gasteiger partial charge in [0.15, 0.2) is 5.13 Å². The molecule has 1 aliphatic carbocycles. The first-order valence-corrected chi connectivity index (χ1v) is 12.8. The molecule has 2 aromatic heterocycles. The van der Waals surface area contributed by atoms with E-state index in [0.29, 0.717) is 12.2 Å². The number of hydrogen-bond acceptors (Lipinski definition) is 6. The number of rotatable bonds is 5. The lowest BCUT2D eigenvalue weighted by molar-refractivity contribution is 0.0733. The summed E-state index contributed by atoms with van der Waals surface area (Å²) in [6, 6.07) is 14.7. The maximum Gasteiger partial charge on any atom is 0.274 e. The molecule has 3 heterocycles. The molecule has 1 aliphatic heterocycles. The maximum atomic E-state index is 13.8. The van der Waals surface area contributed by atoms with E-state index in [1.807, 2.05) is 42.2 Å². The van der Waals surface area contributed by atoms with Crippen molar-refractivity contribution >= 4 is 43.9 Å². The Balaban J connectivity index is 1.25. The summed E-state index contributed by atoms with van der Waals surface area (Å²) in [5, 5.41) is 5.08. The van der Waals surface area contributed by atoms with E-state index in [-0.39, 0.29) is 23.2 Å². The van der Waals surface area contributed by atoms with E-state index >= 15 is 0 Å². The monoisotopic (exact) mass is 478 g/mol. The molecule has 2 aromatic carbocycles. The molecular weight excluding hydrogens is 455 g/mol. The van der Waals surface area contributed by atoms with Crippen LogP contribution in [-0.4, -0.2) is 39.9 Å². The van der Waals surface area contributed by atoms with Crippen molar-refractivity contribution < 1.29 is 9.18 Å². The summed E-state index contributed by atoms with van der Waals surface area (Å²) in [4.78, 5) is 25.9. The first-order valence-electron chi connectivity index (χ1n) is 11.1. The van der Waals surface area contributed by atoms with E-state index < -0.39 is 0 Å². The Kier molecular flexibility index (Phi) is 4.96. The molecule has 8 heteroatoms. The number of thiazole rings is 2. The van der Waals surface area contributed by atoms with E-state index in [1.54, 1.807) is 17.4 Å². The maximum absolute atomic E-state index is 13.8. The number of hydrogen-bond donors (Lipinski definition) is 1. The second kappa shape index (κ2) is 7.88. The third-order valence-corrected chi connectivity index (χ3v) is 8.64. The Labute approximate surface area is 199 Å². The van der Waals surface area contributed by atoms with Crippen LogP contribution in [0.3, 0.4) is 0 Å². The standard InChI is InChI=1S/C25H23FN4OS2/c1-15-28-21(22(32-15)16-5-3-2-4-6-16)23(31)30-14-25(9-10-25)12-18(30)13-27-24-29-19-8-7-17(26)11-20(19)33-24/h2-8,11,18H,9-10,12-14H2,1H3,(H,27,29). The predicted octanol–water partition coefficient (Wildman–Crippen LogP) is 5.97. The van der Waals surface area contributed by atoms with E-state index in [1.165, 1.54) is 36.3 Å². The molecule has 1 atom stereocenters. The van der Waals surface area contributed by atoms with Gasteiger partial charge in [-0.2, -0.15) is 0 Å². The third-order valence-electron chi connectivity index (χ3n) is 6.65. The number of anilines is 1. The van der Waals surface area contributed by atoms with Gasteiger partial charge in [-0.05, 0) is 55.4 Å². The Morgan fingerprint density at radius 3 is 2.79 bits per heavy atom. The summed E-state index contributed by atoms with van der Waals surface area (Å²) in [6.45, 7) is 3.36. The first kappa shape index (κ1) is 20.7. The second-order valence-corrected chi connectivity index (χ2v) is 11.3. The van der Waals surface area contributed by atoms with Gasteiger partial charge in [0.05, 0.1) is 20.1 Å². The minimum Gasteiger partial charge on any atom is -0.359 e. The van der Waals surface area contributed by atoms with E-state index in [4.69, 9.17) is 0 Å². The normalized spacial score (nSPS) is 18.8. The van der Waals surface area contributed by atoms with Crippen LogP contribution in [0.25, 0.3) is 20.7 Å². The van der Waals surface area contributed by atoms with Gasteiger partial charge >= 0.3 is 0 Å². The lowest BCUT2D eigenvalue weighted by Gasteiger charge is -2.24. The third kappa shape index (κ3) is 3.91. The molecule has 2 fully saturated rings. The Morgan fingerprint density at radius 2 is 2.00 bits per heavy atom. The Morgan fingerprint density at radius 1 is 1.18 bits per heavy atom. The van der Waals surface area contributed by atoms with Crippen LogP contribution in [0, 0.1) is 18.2 Å². The number of aromatic nitrogens is 2. The first-order chi connectivity index (χ1) is 16.0. The minimum atomic E-state index is -0.256. The zero-order chi connectivity index (χ0) is 22.6. The summed E-state index contributed by atoms with van der Waals surface area (Å²) >= 11 is 3.01. The molecule has 4 aromatic rings. The summed E-state index contributed by atoms with van der Waals surface area (Å²) in [5.74, 6) is -0.242. The van der Waals surface area contributed by atoms with Gasteiger partial charge in [0, 0.05) is 19.1 Å². The number of nitrogens with one attached hydrogen (secondary N) is 1. The number of nitrogens with zero attached hydrogens (tertiary/aromatic N) is 3. The van der Waals surface area contributed by atoms with Crippen LogP contribution in [0.1, 0.15) is 34.8 Å². The van der Waals surface area contributed by atoms with Crippen LogP contribution in [0.5, 0.6) is 0 Å². The zero-order valence-electron chi connectivity index (χ0n) is 18.2. The average Bonchev–Trinajstić information content (AvgIpc) is 3.12. The van der Waals surface area contributed by atoms with Crippen LogP contribution in [0.2, 0.25) is 0 Å². The summed E-state index contributed by atoms with van der Waals surface area (Å²) < 4.78 is 14.4. The van der Waals surface area contributed by atoms with Crippen molar-refractivity contribution in [3.8, 4) is 10.4 Å². The van der Waals surface area contributed by atoms with Gasteiger partial charge in [0.1, 0.15) is 11.5 Å². The van der Waals surface area contributed by atoms with Gasteiger partial charge in [-0.25, -0.2) is 14.4 Å². The van der Waals surface area contributed by atoms with Gasteiger partial charge < -0.3 is 10.2 Å². The molecule has 2 aliphatic rings. The largest absolute Gasteiger partial charge is 0.359 e. The second-order valence-electron chi connectivity index (χ2n) is 9.08. The van der Waals surface area contributed by atoms with Crippen molar-refractivity contribution in [1.29, 1.82) is 0 Å². The molecule has 6 rings (SSSR count). The Bertz CT molecular complexity index is 1350. The van der Waals surface area contributed by atoms with Crippen LogP contribution < -0.4 is 5.32 Å². The fourth-order valence-corrected chi connectivity index (χ4v) is 6.61. The fraction of sp³-hybridized carbons (Fsp3) is 0.320. The van der Waals surface area contributed by atoms with E-state index in [2.05, 4.69) is 15.3 Å². The number of fused-ring (bicyclic) bond motifs is 1. The predicted molar refractivity (Wildman–Crippen MR) is 131 cm³/mol. The number of carbonyl (C=O) groups is 1. The van der Waals surface area contributed by atoms with Crippen molar-refractivity contribution in [2.24, 2.45) is 5.41 Å². The molecule has 1 spiro atoms. The minimum absolute atomic E-state index is 0.0140. The number of aryl methyl sites for hydroxylation is 1. The molecule has 1 amide bonds. The van der Waals surface area contributed by atoms with Crippen molar-refractivity contribution in [3.63, 3.8) is 0 Å². The van der Waals surface area contributed by atoms with Crippen molar-refractivity contribution in [2.45, 2.75) is 32.2 Å². The highest BCUT2D eigenvalue weighted by Gasteiger charge is 2.53. The molecule has 33 heavy (non-hydrogen) atoms. The zero-order valence-corrected chi connectivity index (χ0v) is 19.8. The van der Waals surface area contributed by atoms with Gasteiger partial charge in [-0.15, -0.1) is 11.3 Å². The topological polar surface area (TPSA) is 58.1 Å². The van der Waals surface area contributed by atoms with Gasteiger partial charge in [0.25, 0.3) is 5.91 Å². The highest BCUT2D eigenvalue weighted by atomic mass is 32.1. The lowest BCUT2D eigenvalue weighted by atomic mass is 10.0. The summed E-state index contributed by atoms with van der Waals surface area (Å²) in [5.41, 5.74) is 2.63. The number of likely N-dealkylation sites (tertiary alicyclic amines) is 1. The molecule has 1 saturated heterocycles. The molecule has 1 N–H and O–H groups in total. The summed E-state index contributed by atoms with van der Waals surface area (Å²) in [7, 11) is 0. The van der Waals surface area contributed by atoms with Crippen LogP contribution >= 0.6 is 22.7 Å². The smallest absolute Gasteiger partial charge is 0.274 e. The number of carbonyl (C=O) groups excluding carboxylic acids is 1. The molecule has 1 saturated carbocycles. The molecule has 5 nitrogen and oxygen atoms in total. The highest BCUT2D eigenvalue weighted by molar-refractivity contribution is 7.22. The number of amides is 1. The summed E-state index contributed by atoms with van der Waals surface area (Å²) in [6.07, 6.45) is 3.35. The highest BCUT2D eigenvalue weighted by Crippen LogP contribution is 2.55. The lowest BCUT2D eigenvalue weighted by Crippen LogP contribution is -2.40. The molecule has 1 unspecified atom stereocenters. The quantitative estimate of drug-likeness (QED) is 0.384. The molecule has 0 radical (unpaired) electrons. The number of halogens is 1. The van der Waals surface area contributed by atoms with E-state index in [0.717, 1.165) is 43.8 Å². The van der Waals surface area contributed by atoms with E-state index in [9.17, 15) is 9.18 Å². The SMILES string of the molecule is Cc1nc(C(=O)N2CC3(CC3)CC2CNc2nc3ccc(F)cc3s2)c(-c2ccccc2)s1. The molecule has 0 bridgehead atoms. The molecular formula is C25H23FN4OS2.